The van der Waals surface area contributed by atoms with E-state index in [1.165, 1.54) is 0 Å². The van der Waals surface area contributed by atoms with E-state index in [2.05, 4.69) is 9.97 Å². The molecule has 16 heteroatoms. The molecule has 3 aromatic heterocycles. The average molecular weight is 1030 g/mol. The van der Waals surface area contributed by atoms with Crippen molar-refractivity contribution in [3.8, 4) is 44.5 Å². The number of hydrogen-bond acceptors (Lipinski definition) is 2. The topological polar surface area (TPSA) is 57.4 Å². The number of rotatable bonds is 4. The molecule has 9 rings (SSSR count). The fraction of sp³-hybridized carbons (Fsp3) is 0. The Labute approximate surface area is 402 Å². The number of benzene rings is 4. The Bertz CT molecular complexity index is 2830. The second-order valence-electron chi connectivity index (χ2n) is 13.4. The van der Waals surface area contributed by atoms with Crippen LogP contribution in [0.25, 0.3) is 90.9 Å². The highest BCUT2D eigenvalue weighted by molar-refractivity contribution is 6.51. The smallest absolute Gasteiger partial charge is 0.0784 e. The summed E-state index contributed by atoms with van der Waals surface area (Å²) in [6.07, 6.45) is 7.48. The van der Waals surface area contributed by atoms with Crippen LogP contribution in [0.3, 0.4) is 0 Å². The summed E-state index contributed by atoms with van der Waals surface area (Å²) in [5, 5.41) is 2.78. The molecule has 0 saturated heterocycles. The van der Waals surface area contributed by atoms with Gasteiger partial charge in [0.1, 0.15) is 0 Å². The molecule has 298 valence electrons. The van der Waals surface area contributed by atoms with Crippen LogP contribution in [-0.4, -0.2) is 19.9 Å². The maximum Gasteiger partial charge on any atom is 0.0784 e. The van der Waals surface area contributed by atoms with Gasteiger partial charge in [0.2, 0.25) is 0 Å². The molecule has 0 atom stereocenters. The summed E-state index contributed by atoms with van der Waals surface area (Å²) in [5.41, 5.74) is 9.26. The Hall–Kier alpha value is -3.04. The van der Waals surface area contributed by atoms with E-state index in [9.17, 15) is 0 Å². The van der Waals surface area contributed by atoms with E-state index in [1.807, 2.05) is 48.6 Å². The van der Waals surface area contributed by atoms with Crippen LogP contribution in [-0.2, 0) is 0 Å². The van der Waals surface area contributed by atoms with Crippen molar-refractivity contribution in [3.05, 3.63) is 156 Å². The Morgan fingerprint density at radius 2 is 0.483 bits per heavy atom. The van der Waals surface area contributed by atoms with Gasteiger partial charge in [-0.25, -0.2) is 9.97 Å². The van der Waals surface area contributed by atoms with Gasteiger partial charge in [-0.1, -0.05) is 163 Å². The molecular formula is C44H18Cl12N4. The van der Waals surface area contributed by atoms with Gasteiger partial charge in [-0.3, -0.25) is 0 Å². The third-order valence-corrected chi connectivity index (χ3v) is 15.1. The first kappa shape index (κ1) is 42.3. The van der Waals surface area contributed by atoms with Crippen LogP contribution in [0.4, 0.5) is 0 Å². The number of aromatic nitrogens is 4. The number of nitrogens with one attached hydrogen (secondary N) is 2. The molecule has 2 aliphatic rings. The van der Waals surface area contributed by atoms with E-state index in [4.69, 9.17) is 149 Å². The Kier molecular flexibility index (Phi) is 11.7. The molecule has 0 aliphatic carbocycles. The first-order chi connectivity index (χ1) is 28.7. The van der Waals surface area contributed by atoms with Crippen molar-refractivity contribution in [2.24, 2.45) is 0 Å². The minimum Gasteiger partial charge on any atom is -0.354 e. The second-order valence-corrected chi connectivity index (χ2v) is 18.0. The predicted molar refractivity (Wildman–Crippen MR) is 261 cm³/mol. The lowest BCUT2D eigenvalue weighted by molar-refractivity contribution is 1.31. The maximum atomic E-state index is 6.99. The van der Waals surface area contributed by atoms with Gasteiger partial charge in [-0.05, 0) is 72.8 Å². The predicted octanol–water partition coefficient (Wildman–Crippen LogP) is 19.2. The van der Waals surface area contributed by atoms with Crippen LogP contribution in [0.5, 0.6) is 0 Å². The fourth-order valence-corrected chi connectivity index (χ4v) is 9.73. The maximum absolute atomic E-state index is 6.99. The molecule has 60 heavy (non-hydrogen) atoms. The zero-order valence-electron chi connectivity index (χ0n) is 29.7. The zero-order valence-corrected chi connectivity index (χ0v) is 38.7. The summed E-state index contributed by atoms with van der Waals surface area (Å²) in [6, 6.07) is 21.4. The van der Waals surface area contributed by atoms with Gasteiger partial charge in [0.15, 0.2) is 0 Å². The quantitative estimate of drug-likeness (QED) is 0.173. The number of hydrogen-bond donors (Lipinski definition) is 2. The molecule has 5 heterocycles. The van der Waals surface area contributed by atoms with Crippen molar-refractivity contribution in [1.82, 2.24) is 19.9 Å². The van der Waals surface area contributed by atoms with Gasteiger partial charge in [0.05, 0.1) is 83.0 Å². The first-order valence-electron chi connectivity index (χ1n) is 17.4. The molecule has 4 nitrogen and oxygen atoms in total. The van der Waals surface area contributed by atoms with E-state index in [0.717, 1.165) is 0 Å². The lowest BCUT2D eigenvalue weighted by Gasteiger charge is -2.11. The van der Waals surface area contributed by atoms with Crippen molar-refractivity contribution in [2.75, 3.05) is 0 Å². The SMILES string of the molecule is Clc1ccc(-c2c3nc(c(-c4ccc(Cl)c(Cl)c4Cl)c4ccc([nH]4)c(-c4ccc(Cl)c(Cl)c4Cl)c4nc(c(-c5ccc(Cl)c(Cl)c5Cl)c5ccc2[nH]5)C=C4)C=C3)c(Cl)c1Cl. The zero-order chi connectivity index (χ0) is 42.3. The summed E-state index contributed by atoms with van der Waals surface area (Å²) in [4.78, 5) is 17.6. The summed E-state index contributed by atoms with van der Waals surface area (Å²) in [6.45, 7) is 0. The largest absolute Gasteiger partial charge is 0.354 e. The molecule has 0 fully saturated rings. The Balaban J connectivity index is 1.53. The lowest BCUT2D eigenvalue weighted by atomic mass is 10.0. The molecule has 4 aromatic carbocycles. The van der Waals surface area contributed by atoms with Gasteiger partial charge in [0.25, 0.3) is 0 Å². The summed E-state index contributed by atoms with van der Waals surface area (Å²) in [7, 11) is 0. The minimum absolute atomic E-state index is 0.181. The van der Waals surface area contributed by atoms with Crippen LogP contribution in [0, 0.1) is 0 Å². The molecule has 0 amide bonds. The van der Waals surface area contributed by atoms with Gasteiger partial charge >= 0.3 is 0 Å². The van der Waals surface area contributed by atoms with Crippen molar-refractivity contribution >= 4 is 186 Å². The molecule has 0 radical (unpaired) electrons. The van der Waals surface area contributed by atoms with Crippen LogP contribution in [0.2, 0.25) is 60.3 Å². The molecule has 8 bridgehead atoms. The highest BCUT2D eigenvalue weighted by atomic mass is 35.5. The Morgan fingerprint density at radius 1 is 0.267 bits per heavy atom. The van der Waals surface area contributed by atoms with Crippen molar-refractivity contribution in [1.29, 1.82) is 0 Å². The average Bonchev–Trinajstić information content (AvgIpc) is 4.08. The third kappa shape index (κ3) is 7.21. The van der Waals surface area contributed by atoms with E-state index < -0.39 is 0 Å². The molecular weight excluding hydrogens is 1010 g/mol. The number of aromatic amines is 2. The number of halogens is 12. The van der Waals surface area contributed by atoms with Gasteiger partial charge in [-0.15, -0.1) is 0 Å². The number of fused-ring (bicyclic) bond motifs is 8. The lowest BCUT2D eigenvalue weighted by Crippen LogP contribution is -1.92. The van der Waals surface area contributed by atoms with Gasteiger partial charge in [-0.2, -0.15) is 0 Å². The normalized spacial score (nSPS) is 12.2. The monoisotopic (exact) mass is 1020 g/mol. The molecule has 2 N–H and O–H groups in total. The van der Waals surface area contributed by atoms with Crippen LogP contribution >= 0.6 is 139 Å². The van der Waals surface area contributed by atoms with E-state index in [-0.39, 0.29) is 60.3 Å². The van der Waals surface area contributed by atoms with Crippen molar-refractivity contribution < 1.29 is 0 Å². The molecule has 0 unspecified atom stereocenters. The van der Waals surface area contributed by atoms with E-state index in [1.54, 1.807) is 48.5 Å². The van der Waals surface area contributed by atoms with Gasteiger partial charge in [0, 0.05) is 66.6 Å². The summed E-state index contributed by atoms with van der Waals surface area (Å²) >= 11 is 80.4. The van der Waals surface area contributed by atoms with E-state index in [0.29, 0.717) is 89.4 Å². The Morgan fingerprint density at radius 3 is 0.700 bits per heavy atom. The van der Waals surface area contributed by atoms with Crippen molar-refractivity contribution in [3.63, 3.8) is 0 Å². The first-order valence-corrected chi connectivity index (χ1v) is 22.0. The third-order valence-electron chi connectivity index (χ3n) is 9.97. The van der Waals surface area contributed by atoms with Crippen LogP contribution in [0.15, 0.2) is 72.8 Å². The summed E-state index contributed by atoms with van der Waals surface area (Å²) in [5.74, 6) is 0. The van der Waals surface area contributed by atoms with Crippen LogP contribution < -0.4 is 0 Å². The second kappa shape index (κ2) is 16.6. The molecule has 7 aromatic rings. The molecule has 2 aliphatic heterocycles. The van der Waals surface area contributed by atoms with Crippen LogP contribution in [0.1, 0.15) is 22.8 Å². The minimum atomic E-state index is 0.181. The van der Waals surface area contributed by atoms with E-state index >= 15 is 0 Å². The number of H-pyrrole nitrogens is 2. The van der Waals surface area contributed by atoms with Gasteiger partial charge < -0.3 is 9.97 Å². The van der Waals surface area contributed by atoms with Crippen molar-refractivity contribution in [2.45, 2.75) is 0 Å². The highest BCUT2D eigenvalue weighted by Gasteiger charge is 2.24. The molecule has 0 saturated carbocycles. The fourth-order valence-electron chi connectivity index (χ4n) is 7.21. The summed E-state index contributed by atoms with van der Waals surface area (Å²) < 4.78 is 0. The molecule has 0 spiro atoms. The highest BCUT2D eigenvalue weighted by Crippen LogP contribution is 2.47. The number of nitrogens with zero attached hydrogens (tertiary/aromatic N) is 2. The standard InChI is InChI=1S/C44H18Cl12N4/c45-21-5-1-17(37(49)41(21)53)33-25-9-11-27(57-25)34(18-2-6-22(46)42(54)38(18)50)29-13-15-31(59-29)36(20-4-8-24(48)44(56)40(20)52)32-16-14-30(60-32)35(28-12-10-26(33)58-28)19-3-7-23(47)43(55)39(19)51/h1-16,57,60H.